The molecule has 1 atom stereocenters. The third-order valence-electron chi connectivity index (χ3n) is 5.38. The van der Waals surface area contributed by atoms with Crippen LogP contribution < -0.4 is 10.1 Å². The monoisotopic (exact) mass is 542 g/mol. The Labute approximate surface area is 214 Å². The minimum Gasteiger partial charge on any atom is -0.494 e. The first-order valence-electron chi connectivity index (χ1n) is 11.1. The Bertz CT molecular complexity index is 1080. The van der Waals surface area contributed by atoms with Gasteiger partial charge in [-0.2, -0.15) is 0 Å². The van der Waals surface area contributed by atoms with Crippen molar-refractivity contribution in [2.75, 3.05) is 13.7 Å². The van der Waals surface area contributed by atoms with Crippen LogP contribution in [0.25, 0.3) is 0 Å². The largest absolute Gasteiger partial charge is 0.494 e. The lowest BCUT2D eigenvalue weighted by Crippen LogP contribution is -2.49. The molecule has 0 saturated heterocycles. The number of hydrogen-bond donors (Lipinski definition) is 1. The fourth-order valence-electron chi connectivity index (χ4n) is 3.64. The first kappa shape index (κ1) is 25.8. The van der Waals surface area contributed by atoms with Crippen molar-refractivity contribution in [3.8, 4) is 5.75 Å². The van der Waals surface area contributed by atoms with Crippen molar-refractivity contribution in [3.05, 3.63) is 99.5 Å². The molecule has 7 heteroatoms. The van der Waals surface area contributed by atoms with E-state index in [4.69, 9.17) is 16.3 Å². The summed E-state index contributed by atoms with van der Waals surface area (Å²) in [6.07, 6.45) is 1.23. The minimum absolute atomic E-state index is 0.0933. The van der Waals surface area contributed by atoms with E-state index in [1.54, 1.807) is 36.2 Å². The fourth-order valence-corrected chi connectivity index (χ4v) is 4.21. The number of halogens is 2. The molecular weight excluding hydrogens is 516 g/mol. The van der Waals surface area contributed by atoms with Crippen LogP contribution in [-0.2, 0) is 22.6 Å². The molecule has 0 radical (unpaired) electrons. The molecule has 5 nitrogen and oxygen atoms in total. The maximum atomic E-state index is 13.4. The van der Waals surface area contributed by atoms with Crippen molar-refractivity contribution in [3.63, 3.8) is 0 Å². The summed E-state index contributed by atoms with van der Waals surface area (Å²) in [5, 5.41) is 3.38. The summed E-state index contributed by atoms with van der Waals surface area (Å²) < 4.78 is 6.66. The summed E-state index contributed by atoms with van der Waals surface area (Å²) in [5.74, 6) is 0.420. The van der Waals surface area contributed by atoms with E-state index in [2.05, 4.69) is 21.2 Å². The van der Waals surface area contributed by atoms with Gasteiger partial charge in [-0.25, -0.2) is 0 Å². The quantitative estimate of drug-likeness (QED) is 0.318. The maximum Gasteiger partial charge on any atom is 0.242 e. The second-order valence-electron chi connectivity index (χ2n) is 7.88. The van der Waals surface area contributed by atoms with Crippen LogP contribution in [0, 0.1) is 0 Å². The van der Waals surface area contributed by atoms with Crippen LogP contribution in [-0.4, -0.2) is 36.4 Å². The SMILES string of the molecule is CNC(=O)[C@@H](Cc1ccccc1)N(Cc1cccc(Br)c1)C(=O)CCCOc1ccc(Cl)cc1. The van der Waals surface area contributed by atoms with Gasteiger partial charge in [0.2, 0.25) is 11.8 Å². The van der Waals surface area contributed by atoms with E-state index in [9.17, 15) is 9.59 Å². The summed E-state index contributed by atoms with van der Waals surface area (Å²) in [6, 6.07) is 24.0. The molecule has 0 saturated carbocycles. The summed E-state index contributed by atoms with van der Waals surface area (Å²) in [4.78, 5) is 28.0. The van der Waals surface area contributed by atoms with E-state index < -0.39 is 6.04 Å². The summed E-state index contributed by atoms with van der Waals surface area (Å²) in [5.41, 5.74) is 1.94. The molecule has 0 aliphatic carbocycles. The van der Waals surface area contributed by atoms with Gasteiger partial charge < -0.3 is 15.0 Å². The van der Waals surface area contributed by atoms with Crippen LogP contribution in [0.2, 0.25) is 5.02 Å². The molecule has 3 aromatic carbocycles. The number of rotatable bonds is 11. The molecule has 0 aromatic heterocycles. The zero-order chi connectivity index (χ0) is 24.3. The average molecular weight is 544 g/mol. The maximum absolute atomic E-state index is 13.4. The number of nitrogens with one attached hydrogen (secondary N) is 1. The molecule has 0 unspecified atom stereocenters. The lowest BCUT2D eigenvalue weighted by molar-refractivity contribution is -0.141. The van der Waals surface area contributed by atoms with Crippen LogP contribution in [0.4, 0.5) is 0 Å². The molecule has 0 spiro atoms. The van der Waals surface area contributed by atoms with Crippen molar-refractivity contribution in [1.29, 1.82) is 0 Å². The Hall–Kier alpha value is -2.83. The lowest BCUT2D eigenvalue weighted by atomic mass is 10.0. The third kappa shape index (κ3) is 7.89. The van der Waals surface area contributed by atoms with Gasteiger partial charge in [-0.15, -0.1) is 0 Å². The molecule has 34 heavy (non-hydrogen) atoms. The highest BCUT2D eigenvalue weighted by atomic mass is 79.9. The van der Waals surface area contributed by atoms with Crippen LogP contribution in [0.5, 0.6) is 5.75 Å². The fraction of sp³-hybridized carbons (Fsp3) is 0.259. The minimum atomic E-state index is -0.629. The lowest BCUT2D eigenvalue weighted by Gasteiger charge is -2.31. The Morgan fingerprint density at radius 2 is 1.71 bits per heavy atom. The molecule has 1 N–H and O–H groups in total. The van der Waals surface area contributed by atoms with Gasteiger partial charge in [0, 0.05) is 35.9 Å². The molecular formula is C27H28BrClN2O3. The second-order valence-corrected chi connectivity index (χ2v) is 9.23. The van der Waals surface area contributed by atoms with Crippen molar-refractivity contribution in [1.82, 2.24) is 10.2 Å². The van der Waals surface area contributed by atoms with Gasteiger partial charge in [0.1, 0.15) is 11.8 Å². The summed E-state index contributed by atoms with van der Waals surface area (Å²) >= 11 is 9.40. The highest BCUT2D eigenvalue weighted by molar-refractivity contribution is 9.10. The third-order valence-corrected chi connectivity index (χ3v) is 6.12. The predicted octanol–water partition coefficient (Wildman–Crippen LogP) is 5.65. The van der Waals surface area contributed by atoms with Gasteiger partial charge in [0.25, 0.3) is 0 Å². The molecule has 2 amide bonds. The van der Waals surface area contributed by atoms with E-state index >= 15 is 0 Å². The van der Waals surface area contributed by atoms with Crippen LogP contribution >= 0.6 is 27.5 Å². The molecule has 178 valence electrons. The summed E-state index contributed by atoms with van der Waals surface area (Å²) in [7, 11) is 1.60. The number of carbonyl (C=O) groups excluding carboxylic acids is 2. The Morgan fingerprint density at radius 3 is 2.38 bits per heavy atom. The average Bonchev–Trinajstić information content (AvgIpc) is 2.85. The van der Waals surface area contributed by atoms with Gasteiger partial charge >= 0.3 is 0 Å². The zero-order valence-electron chi connectivity index (χ0n) is 19.0. The first-order valence-corrected chi connectivity index (χ1v) is 12.3. The van der Waals surface area contributed by atoms with Gasteiger partial charge in [-0.05, 0) is 53.9 Å². The van der Waals surface area contributed by atoms with Crippen molar-refractivity contribution >= 4 is 39.3 Å². The van der Waals surface area contributed by atoms with E-state index in [0.717, 1.165) is 15.6 Å². The van der Waals surface area contributed by atoms with Gasteiger partial charge in [-0.1, -0.05) is 70.0 Å². The molecule has 0 aliphatic heterocycles. The van der Waals surface area contributed by atoms with Crippen molar-refractivity contribution in [2.24, 2.45) is 0 Å². The van der Waals surface area contributed by atoms with Crippen LogP contribution in [0.1, 0.15) is 24.0 Å². The Morgan fingerprint density at radius 1 is 1.00 bits per heavy atom. The molecule has 0 heterocycles. The van der Waals surface area contributed by atoms with Crippen molar-refractivity contribution < 1.29 is 14.3 Å². The molecule has 3 rings (SSSR count). The van der Waals surface area contributed by atoms with Crippen LogP contribution in [0.15, 0.2) is 83.3 Å². The van der Waals surface area contributed by atoms with E-state index in [0.29, 0.717) is 36.8 Å². The number of amides is 2. The number of likely N-dealkylation sites (N-methyl/N-ethyl adjacent to an activating group) is 1. The Kier molecular flexibility index (Phi) is 9.98. The van der Waals surface area contributed by atoms with Gasteiger partial charge in [0.15, 0.2) is 0 Å². The number of carbonyl (C=O) groups is 2. The second kappa shape index (κ2) is 13.2. The smallest absolute Gasteiger partial charge is 0.242 e. The number of ether oxygens (including phenoxy) is 1. The zero-order valence-corrected chi connectivity index (χ0v) is 21.4. The predicted molar refractivity (Wildman–Crippen MR) is 139 cm³/mol. The Balaban J connectivity index is 1.74. The number of nitrogens with zero attached hydrogens (tertiary/aromatic N) is 1. The van der Waals surface area contributed by atoms with Gasteiger partial charge in [0.05, 0.1) is 6.61 Å². The summed E-state index contributed by atoms with van der Waals surface area (Å²) in [6.45, 7) is 0.725. The highest BCUT2D eigenvalue weighted by Crippen LogP contribution is 2.19. The molecule has 0 aliphatic rings. The van der Waals surface area contributed by atoms with Crippen molar-refractivity contribution in [2.45, 2.75) is 31.8 Å². The topological polar surface area (TPSA) is 58.6 Å². The number of benzene rings is 3. The molecule has 0 bridgehead atoms. The number of hydrogen-bond acceptors (Lipinski definition) is 3. The van der Waals surface area contributed by atoms with E-state index in [-0.39, 0.29) is 18.2 Å². The molecule has 3 aromatic rings. The van der Waals surface area contributed by atoms with Gasteiger partial charge in [-0.3, -0.25) is 9.59 Å². The molecule has 0 fully saturated rings. The highest BCUT2D eigenvalue weighted by Gasteiger charge is 2.29. The standard InChI is InChI=1S/C27H28BrClN2O3/c1-30-27(33)25(18-20-7-3-2-4-8-20)31(19-21-9-5-10-22(28)17-21)26(32)11-6-16-34-24-14-12-23(29)13-15-24/h2-5,7-10,12-15,17,25H,6,11,16,18-19H2,1H3,(H,30,33)/t25-/m1/s1. The first-order chi connectivity index (χ1) is 16.5. The normalized spacial score (nSPS) is 11.5. The van der Waals surface area contributed by atoms with E-state index in [1.165, 1.54) is 0 Å². The van der Waals surface area contributed by atoms with E-state index in [1.807, 2.05) is 54.6 Å². The van der Waals surface area contributed by atoms with Crippen LogP contribution in [0.3, 0.4) is 0 Å².